The van der Waals surface area contributed by atoms with Gasteiger partial charge in [-0.15, -0.1) is 0 Å². The van der Waals surface area contributed by atoms with Crippen LogP contribution in [-0.2, 0) is 26.2 Å². The Morgan fingerprint density at radius 1 is 0.829 bits per heavy atom. The maximum atomic E-state index is 13.0. The lowest BCUT2D eigenvalue weighted by Gasteiger charge is -2.22. The molecule has 4 rings (SSSR count). The number of halogens is 6. The lowest BCUT2D eigenvalue weighted by atomic mass is 10.0. The number of hydrogen-bond donors (Lipinski definition) is 2. The fourth-order valence-corrected chi connectivity index (χ4v) is 6.25. The first-order chi connectivity index (χ1) is 18.9. The fourth-order valence-electron chi connectivity index (χ4n) is 4.02. The molecular formula is C23H24F6N4O7S. The van der Waals surface area contributed by atoms with Gasteiger partial charge in [0.1, 0.15) is 0 Å². The molecule has 2 aromatic heterocycles. The summed E-state index contributed by atoms with van der Waals surface area (Å²) in [5, 5.41) is 13.8. The Morgan fingerprint density at radius 3 is 1.73 bits per heavy atom. The van der Waals surface area contributed by atoms with Crippen LogP contribution in [0.3, 0.4) is 0 Å². The summed E-state index contributed by atoms with van der Waals surface area (Å²) >= 11 is 0. The zero-order valence-corrected chi connectivity index (χ0v) is 21.7. The number of pyridine rings is 2. The third kappa shape index (κ3) is 9.66. The lowest BCUT2D eigenvalue weighted by Crippen LogP contribution is -2.34. The molecule has 4 heterocycles. The van der Waals surface area contributed by atoms with Crippen molar-refractivity contribution < 1.29 is 59.4 Å². The van der Waals surface area contributed by atoms with Gasteiger partial charge in [-0.05, 0) is 48.6 Å². The molecule has 0 saturated carbocycles. The Balaban J connectivity index is 0.000000349. The number of carbonyl (C=O) groups excluding carboxylic acids is 1. The normalized spacial score (nSPS) is 20.3. The second kappa shape index (κ2) is 13.7. The Morgan fingerprint density at radius 2 is 1.27 bits per heavy atom. The van der Waals surface area contributed by atoms with Gasteiger partial charge in [-0.3, -0.25) is 14.8 Å². The van der Waals surface area contributed by atoms with Crippen LogP contribution in [-0.4, -0.2) is 92.9 Å². The lowest BCUT2D eigenvalue weighted by molar-refractivity contribution is -0.193. The average molecular weight is 615 g/mol. The summed E-state index contributed by atoms with van der Waals surface area (Å²) in [7, 11) is -3.36. The number of sulfonamides is 1. The summed E-state index contributed by atoms with van der Waals surface area (Å²) < 4.78 is 91.1. The molecule has 2 atom stereocenters. The van der Waals surface area contributed by atoms with Gasteiger partial charge in [0.15, 0.2) is 0 Å². The largest absolute Gasteiger partial charge is 0.490 e. The molecule has 226 valence electrons. The standard InChI is InChI=1S/C19H22N4O3S.2C2HF3O2/c24-19(16-3-9-21-10-4-16)22-11-5-17-14-23(13-15-1-7-20-8-2-15)27(25,26)18(17)6-12-22;2*3-2(4,5)1(6)7/h1-4,7-10,17-18H,5-6,11-14H2;2*(H,6,7)/t17-,18-;;/m1../s1. The molecule has 2 fully saturated rings. The van der Waals surface area contributed by atoms with E-state index < -0.39 is 39.6 Å². The van der Waals surface area contributed by atoms with Crippen molar-refractivity contribution in [3.8, 4) is 0 Å². The van der Waals surface area contributed by atoms with Crippen LogP contribution in [0, 0.1) is 5.92 Å². The van der Waals surface area contributed by atoms with E-state index in [9.17, 15) is 39.6 Å². The predicted molar refractivity (Wildman–Crippen MR) is 128 cm³/mol. The van der Waals surface area contributed by atoms with E-state index in [-0.39, 0.29) is 11.8 Å². The number of nitrogens with zero attached hydrogens (tertiary/aromatic N) is 4. The summed E-state index contributed by atoms with van der Waals surface area (Å²) in [5.74, 6) is -5.50. The SMILES string of the molecule is O=C(O)C(F)(F)F.O=C(O)C(F)(F)F.O=C(c1ccncc1)N1CC[C@@H]2CN(Cc3ccncc3)S(=O)(=O)[C@@H]2CC1. The second-order valence-electron chi connectivity index (χ2n) is 8.70. The van der Waals surface area contributed by atoms with E-state index in [1.54, 1.807) is 46.1 Å². The molecule has 0 radical (unpaired) electrons. The highest BCUT2D eigenvalue weighted by atomic mass is 32.2. The number of rotatable bonds is 3. The quantitative estimate of drug-likeness (QED) is 0.496. The molecule has 2 aliphatic heterocycles. The van der Waals surface area contributed by atoms with Gasteiger partial charge in [-0.1, -0.05) is 0 Å². The van der Waals surface area contributed by atoms with Crippen molar-refractivity contribution in [3.63, 3.8) is 0 Å². The number of likely N-dealkylation sites (tertiary alicyclic amines) is 1. The highest BCUT2D eigenvalue weighted by Crippen LogP contribution is 2.35. The number of carbonyl (C=O) groups is 3. The van der Waals surface area contributed by atoms with E-state index >= 15 is 0 Å². The van der Waals surface area contributed by atoms with E-state index in [0.717, 1.165) is 5.56 Å². The first kappa shape index (κ1) is 33.4. The number of alkyl halides is 6. The van der Waals surface area contributed by atoms with Crippen LogP contribution in [0.15, 0.2) is 49.1 Å². The first-order valence-electron chi connectivity index (χ1n) is 11.6. The minimum absolute atomic E-state index is 0.0524. The molecule has 0 bridgehead atoms. The van der Waals surface area contributed by atoms with Gasteiger partial charge in [0.05, 0.1) is 5.25 Å². The van der Waals surface area contributed by atoms with E-state index in [1.165, 1.54) is 0 Å². The summed E-state index contributed by atoms with van der Waals surface area (Å²) in [6, 6.07) is 7.08. The van der Waals surface area contributed by atoms with Gasteiger partial charge in [0, 0.05) is 56.5 Å². The monoisotopic (exact) mass is 614 g/mol. The molecule has 11 nitrogen and oxygen atoms in total. The minimum Gasteiger partial charge on any atom is -0.475 e. The number of carboxylic acid groups (broad SMARTS) is 2. The van der Waals surface area contributed by atoms with Crippen molar-refractivity contribution in [1.82, 2.24) is 19.2 Å². The van der Waals surface area contributed by atoms with E-state index in [0.29, 0.717) is 44.6 Å². The van der Waals surface area contributed by atoms with Crippen LogP contribution < -0.4 is 0 Å². The van der Waals surface area contributed by atoms with E-state index in [4.69, 9.17) is 19.8 Å². The third-order valence-corrected chi connectivity index (χ3v) is 8.35. The Labute approximate surface area is 229 Å². The first-order valence-corrected chi connectivity index (χ1v) is 13.1. The average Bonchev–Trinajstić information content (AvgIpc) is 3.01. The number of amides is 1. The number of aliphatic carboxylic acids is 2. The number of hydrogen-bond acceptors (Lipinski definition) is 7. The molecule has 2 N–H and O–H groups in total. The summed E-state index contributed by atoms with van der Waals surface area (Å²) in [6.45, 7) is 1.95. The zero-order valence-electron chi connectivity index (χ0n) is 20.9. The molecule has 41 heavy (non-hydrogen) atoms. The summed E-state index contributed by atoms with van der Waals surface area (Å²) in [4.78, 5) is 40.2. The van der Waals surface area contributed by atoms with Gasteiger partial charge < -0.3 is 15.1 Å². The van der Waals surface area contributed by atoms with Crippen LogP contribution in [0.4, 0.5) is 26.3 Å². The van der Waals surface area contributed by atoms with Gasteiger partial charge >= 0.3 is 24.3 Å². The highest BCUT2D eigenvalue weighted by molar-refractivity contribution is 7.90. The van der Waals surface area contributed by atoms with E-state index in [1.807, 2.05) is 12.1 Å². The minimum atomic E-state index is -5.08. The fraction of sp³-hybridized carbons (Fsp3) is 0.435. The van der Waals surface area contributed by atoms with Gasteiger partial charge in [0.2, 0.25) is 10.0 Å². The van der Waals surface area contributed by atoms with Crippen molar-refractivity contribution in [2.45, 2.75) is 37.0 Å². The van der Waals surface area contributed by atoms with E-state index in [2.05, 4.69) is 9.97 Å². The molecular weight excluding hydrogens is 590 g/mol. The molecule has 18 heteroatoms. The van der Waals surface area contributed by atoms with Gasteiger partial charge in [-0.2, -0.15) is 30.6 Å². The number of fused-ring (bicyclic) bond motifs is 1. The van der Waals surface area contributed by atoms with Crippen LogP contribution in [0.25, 0.3) is 0 Å². The van der Waals surface area contributed by atoms with Crippen molar-refractivity contribution in [2.75, 3.05) is 19.6 Å². The Hall–Kier alpha value is -3.80. The molecule has 0 spiro atoms. The van der Waals surface area contributed by atoms with Crippen LogP contribution in [0.2, 0.25) is 0 Å². The molecule has 1 amide bonds. The number of aromatic nitrogens is 2. The molecule has 2 aromatic rings. The summed E-state index contributed by atoms with van der Waals surface area (Å²) in [5.41, 5.74) is 1.54. The highest BCUT2D eigenvalue weighted by Gasteiger charge is 2.47. The van der Waals surface area contributed by atoms with Crippen LogP contribution in [0.5, 0.6) is 0 Å². The summed E-state index contributed by atoms with van der Waals surface area (Å²) in [6.07, 6.45) is -2.43. The Kier molecular flexibility index (Phi) is 11.2. The third-order valence-electron chi connectivity index (χ3n) is 5.97. The van der Waals surface area contributed by atoms with Crippen LogP contribution in [0.1, 0.15) is 28.8 Å². The second-order valence-corrected chi connectivity index (χ2v) is 10.9. The molecule has 2 aliphatic rings. The van der Waals surface area contributed by atoms with Crippen molar-refractivity contribution in [3.05, 3.63) is 60.2 Å². The van der Waals surface area contributed by atoms with Crippen LogP contribution >= 0.6 is 0 Å². The molecule has 0 aromatic carbocycles. The Bertz CT molecular complexity index is 1270. The van der Waals surface area contributed by atoms with Gasteiger partial charge in [-0.25, -0.2) is 18.0 Å². The smallest absolute Gasteiger partial charge is 0.475 e. The number of carboxylic acids is 2. The molecule has 0 unspecified atom stereocenters. The van der Waals surface area contributed by atoms with Crippen molar-refractivity contribution in [1.29, 1.82) is 0 Å². The maximum Gasteiger partial charge on any atom is 0.490 e. The van der Waals surface area contributed by atoms with Crippen molar-refractivity contribution in [2.24, 2.45) is 5.92 Å². The maximum absolute atomic E-state index is 13.0. The molecule has 2 saturated heterocycles. The topological polar surface area (TPSA) is 158 Å². The molecule has 0 aliphatic carbocycles. The van der Waals surface area contributed by atoms with Gasteiger partial charge in [0.25, 0.3) is 5.91 Å². The zero-order chi connectivity index (χ0) is 31.0. The predicted octanol–water partition coefficient (Wildman–Crippen LogP) is 2.81. The van der Waals surface area contributed by atoms with Crippen molar-refractivity contribution >= 4 is 27.9 Å².